The van der Waals surface area contributed by atoms with Gasteiger partial charge in [0, 0.05) is 23.2 Å². The largest absolute Gasteiger partial charge is 0.468 e. The Hall–Kier alpha value is -2.18. The average molecular weight is 288 g/mol. The lowest BCUT2D eigenvalue weighted by atomic mass is 10.2. The smallest absolute Gasteiger partial charge is 0.241 e. The quantitative estimate of drug-likeness (QED) is 0.799. The van der Waals surface area contributed by atoms with Gasteiger partial charge in [-0.25, -0.2) is 13.1 Å². The van der Waals surface area contributed by atoms with Gasteiger partial charge < -0.3 is 4.42 Å². The van der Waals surface area contributed by atoms with Crippen molar-refractivity contribution in [3.05, 3.63) is 60.8 Å². The molecule has 0 saturated heterocycles. The third-order valence-corrected chi connectivity index (χ3v) is 4.41. The van der Waals surface area contributed by atoms with E-state index in [1.807, 2.05) is 6.07 Å². The molecule has 3 rings (SSSR count). The molecule has 0 radical (unpaired) electrons. The summed E-state index contributed by atoms with van der Waals surface area (Å²) in [7, 11) is -3.60. The van der Waals surface area contributed by atoms with Crippen molar-refractivity contribution in [2.45, 2.75) is 11.4 Å². The summed E-state index contributed by atoms with van der Waals surface area (Å²) < 4.78 is 32.4. The van der Waals surface area contributed by atoms with E-state index in [0.29, 0.717) is 11.1 Å². The van der Waals surface area contributed by atoms with Gasteiger partial charge in [0.2, 0.25) is 10.0 Å². The van der Waals surface area contributed by atoms with Gasteiger partial charge in [0.15, 0.2) is 0 Å². The highest BCUT2D eigenvalue weighted by Gasteiger charge is 2.17. The van der Waals surface area contributed by atoms with Gasteiger partial charge in [0.1, 0.15) is 5.76 Å². The van der Waals surface area contributed by atoms with Gasteiger partial charge >= 0.3 is 0 Å². The van der Waals surface area contributed by atoms with E-state index in [2.05, 4.69) is 9.71 Å². The zero-order valence-electron chi connectivity index (χ0n) is 10.5. The van der Waals surface area contributed by atoms with Crippen molar-refractivity contribution in [1.29, 1.82) is 0 Å². The first-order chi connectivity index (χ1) is 9.67. The molecule has 2 aromatic heterocycles. The summed E-state index contributed by atoms with van der Waals surface area (Å²) in [6, 6.07) is 10.2. The maximum atomic E-state index is 12.4. The second kappa shape index (κ2) is 5.07. The third-order valence-electron chi connectivity index (χ3n) is 2.95. The second-order valence-electron chi connectivity index (χ2n) is 4.26. The van der Waals surface area contributed by atoms with Crippen LogP contribution in [0.25, 0.3) is 10.8 Å². The summed E-state index contributed by atoms with van der Waals surface area (Å²) in [4.78, 5) is 4.23. The van der Waals surface area contributed by atoms with Crippen LogP contribution in [0.3, 0.4) is 0 Å². The average Bonchev–Trinajstić information content (AvgIpc) is 2.98. The maximum absolute atomic E-state index is 12.4. The monoisotopic (exact) mass is 288 g/mol. The zero-order valence-corrected chi connectivity index (χ0v) is 11.3. The van der Waals surface area contributed by atoms with Gasteiger partial charge in [-0.1, -0.05) is 12.1 Å². The molecule has 1 N–H and O–H groups in total. The Morgan fingerprint density at radius 2 is 2.05 bits per heavy atom. The van der Waals surface area contributed by atoms with Gasteiger partial charge in [0.05, 0.1) is 17.7 Å². The highest BCUT2D eigenvalue weighted by molar-refractivity contribution is 7.89. The molecule has 0 aliphatic carbocycles. The molecule has 102 valence electrons. The zero-order chi connectivity index (χ0) is 14.0. The fraction of sp³-hybridized carbons (Fsp3) is 0.0714. The van der Waals surface area contributed by atoms with Crippen LogP contribution in [0.4, 0.5) is 0 Å². The SMILES string of the molecule is O=S(=O)(NCc1ccco1)c1cccc2cnccc12. The molecule has 0 bridgehead atoms. The van der Waals surface area contributed by atoms with Crippen LogP contribution in [0, 0.1) is 0 Å². The maximum Gasteiger partial charge on any atom is 0.241 e. The Labute approximate surface area is 116 Å². The van der Waals surface area contributed by atoms with Gasteiger partial charge in [-0.3, -0.25) is 4.98 Å². The molecule has 3 aromatic rings. The first-order valence-corrected chi connectivity index (χ1v) is 7.50. The number of pyridine rings is 1. The number of nitrogens with one attached hydrogen (secondary N) is 1. The molecule has 0 atom stereocenters. The van der Waals surface area contributed by atoms with Gasteiger partial charge in [-0.05, 0) is 24.3 Å². The van der Waals surface area contributed by atoms with Crippen LogP contribution in [0.2, 0.25) is 0 Å². The van der Waals surface area contributed by atoms with Crippen LogP contribution >= 0.6 is 0 Å². The number of furan rings is 1. The lowest BCUT2D eigenvalue weighted by Crippen LogP contribution is -2.23. The molecular weight excluding hydrogens is 276 g/mol. The van der Waals surface area contributed by atoms with Crippen LogP contribution < -0.4 is 4.72 Å². The van der Waals surface area contributed by atoms with Gasteiger partial charge in [0.25, 0.3) is 0 Å². The predicted octanol–water partition coefficient (Wildman–Crippen LogP) is 2.31. The number of nitrogens with zero attached hydrogens (tertiary/aromatic N) is 1. The van der Waals surface area contributed by atoms with Crippen molar-refractivity contribution in [2.75, 3.05) is 0 Å². The van der Waals surface area contributed by atoms with E-state index in [0.717, 1.165) is 5.39 Å². The van der Waals surface area contributed by atoms with Gasteiger partial charge in [-0.15, -0.1) is 0 Å². The summed E-state index contributed by atoms with van der Waals surface area (Å²) in [5.41, 5.74) is 0. The Morgan fingerprint density at radius 3 is 2.85 bits per heavy atom. The Morgan fingerprint density at radius 1 is 1.15 bits per heavy atom. The molecule has 0 aliphatic heterocycles. The fourth-order valence-electron chi connectivity index (χ4n) is 1.98. The van der Waals surface area contributed by atoms with E-state index in [4.69, 9.17) is 4.42 Å². The molecule has 0 aliphatic rings. The van der Waals surface area contributed by atoms with Crippen molar-refractivity contribution in [3.8, 4) is 0 Å². The van der Waals surface area contributed by atoms with E-state index in [9.17, 15) is 8.42 Å². The molecular formula is C14H12N2O3S. The lowest BCUT2D eigenvalue weighted by Gasteiger charge is -2.08. The minimum Gasteiger partial charge on any atom is -0.468 e. The van der Waals surface area contributed by atoms with Crippen molar-refractivity contribution in [3.63, 3.8) is 0 Å². The van der Waals surface area contributed by atoms with Crippen LogP contribution in [0.5, 0.6) is 0 Å². The standard InChI is InChI=1S/C14H12N2O3S/c17-20(18,16-10-12-4-2-8-19-12)14-5-1-3-11-9-15-7-6-13(11)14/h1-9,16H,10H2. The number of hydrogen-bond donors (Lipinski definition) is 1. The van der Waals surface area contributed by atoms with Crippen molar-refractivity contribution < 1.29 is 12.8 Å². The normalized spacial score (nSPS) is 11.8. The highest BCUT2D eigenvalue weighted by Crippen LogP contribution is 2.21. The first-order valence-electron chi connectivity index (χ1n) is 6.01. The van der Waals surface area contributed by atoms with Crippen LogP contribution in [-0.4, -0.2) is 13.4 Å². The molecule has 0 amide bonds. The van der Waals surface area contributed by atoms with Crippen LogP contribution in [-0.2, 0) is 16.6 Å². The highest BCUT2D eigenvalue weighted by atomic mass is 32.2. The fourth-order valence-corrected chi connectivity index (χ4v) is 3.21. The van der Waals surface area contributed by atoms with Crippen molar-refractivity contribution >= 4 is 20.8 Å². The molecule has 5 nitrogen and oxygen atoms in total. The third kappa shape index (κ3) is 2.43. The molecule has 0 unspecified atom stereocenters. The van der Waals surface area contributed by atoms with Crippen molar-refractivity contribution in [1.82, 2.24) is 9.71 Å². The Kier molecular flexibility index (Phi) is 3.25. The minimum atomic E-state index is -3.60. The molecule has 0 saturated carbocycles. The number of aromatic nitrogens is 1. The van der Waals surface area contributed by atoms with E-state index in [1.54, 1.807) is 42.7 Å². The lowest BCUT2D eigenvalue weighted by molar-refractivity contribution is 0.499. The Bertz CT molecular complexity index is 821. The molecule has 20 heavy (non-hydrogen) atoms. The number of rotatable bonds is 4. The number of benzene rings is 1. The molecule has 1 aromatic carbocycles. The van der Waals surface area contributed by atoms with Crippen molar-refractivity contribution in [2.24, 2.45) is 0 Å². The topological polar surface area (TPSA) is 72.2 Å². The second-order valence-corrected chi connectivity index (χ2v) is 5.99. The summed E-state index contributed by atoms with van der Waals surface area (Å²) in [5.74, 6) is 0.565. The molecule has 0 fully saturated rings. The summed E-state index contributed by atoms with van der Waals surface area (Å²) in [5, 5.41) is 1.43. The minimum absolute atomic E-state index is 0.122. The molecule has 0 spiro atoms. The molecule has 6 heteroatoms. The van der Waals surface area contributed by atoms with E-state index in [1.165, 1.54) is 6.26 Å². The summed E-state index contributed by atoms with van der Waals surface area (Å²) in [6.45, 7) is 0.122. The summed E-state index contributed by atoms with van der Waals surface area (Å²) >= 11 is 0. The molecule has 2 heterocycles. The number of hydrogen-bond acceptors (Lipinski definition) is 4. The Balaban J connectivity index is 1.97. The van der Waals surface area contributed by atoms with Crippen LogP contribution in [0.1, 0.15) is 5.76 Å². The van der Waals surface area contributed by atoms with Crippen LogP contribution in [0.15, 0.2) is 64.4 Å². The van der Waals surface area contributed by atoms with E-state index < -0.39 is 10.0 Å². The van der Waals surface area contributed by atoms with E-state index in [-0.39, 0.29) is 11.4 Å². The summed E-state index contributed by atoms with van der Waals surface area (Å²) in [6.07, 6.45) is 4.72. The van der Waals surface area contributed by atoms with E-state index >= 15 is 0 Å². The predicted molar refractivity (Wildman–Crippen MR) is 74.5 cm³/mol. The van der Waals surface area contributed by atoms with Gasteiger partial charge in [-0.2, -0.15) is 0 Å². The number of sulfonamides is 1. The first kappa shape index (κ1) is 12.8. The number of fused-ring (bicyclic) bond motifs is 1.